The van der Waals surface area contributed by atoms with Gasteiger partial charge >= 0.3 is 5.97 Å². The van der Waals surface area contributed by atoms with E-state index < -0.39 is 5.97 Å². The Morgan fingerprint density at radius 1 is 1.13 bits per heavy atom. The van der Waals surface area contributed by atoms with E-state index in [0.717, 1.165) is 11.1 Å². The highest BCUT2D eigenvalue weighted by Crippen LogP contribution is 2.33. The summed E-state index contributed by atoms with van der Waals surface area (Å²) in [5.41, 5.74) is 4.81. The highest BCUT2D eigenvalue weighted by Gasteiger charge is 2.21. The third-order valence-corrected chi connectivity index (χ3v) is 6.47. The minimum Gasteiger partial charge on any atom is -0.478 e. The van der Waals surface area contributed by atoms with Crippen LogP contribution in [0.15, 0.2) is 82.3 Å². The maximum atomic E-state index is 13.5. The molecule has 0 bridgehead atoms. The molecule has 5 aromatic rings. The molecule has 0 saturated carbocycles. The Morgan fingerprint density at radius 3 is 2.68 bits per heavy atom. The third kappa shape index (κ3) is 4.42. The van der Waals surface area contributed by atoms with Crippen molar-refractivity contribution in [3.8, 4) is 23.1 Å². The van der Waals surface area contributed by atoms with Crippen molar-refractivity contribution >= 4 is 22.6 Å². The largest absolute Gasteiger partial charge is 0.478 e. The van der Waals surface area contributed by atoms with E-state index in [1.54, 1.807) is 66.5 Å². The molecule has 0 unspecified atom stereocenters. The van der Waals surface area contributed by atoms with Gasteiger partial charge in [-0.05, 0) is 62.7 Å². The first kappa shape index (κ1) is 24.5. The molecule has 0 spiro atoms. The second kappa shape index (κ2) is 9.71. The lowest BCUT2D eigenvalue weighted by Crippen LogP contribution is -2.14. The van der Waals surface area contributed by atoms with Crippen LogP contribution in [0.1, 0.15) is 45.6 Å². The van der Waals surface area contributed by atoms with Crippen molar-refractivity contribution in [2.45, 2.75) is 26.8 Å². The summed E-state index contributed by atoms with van der Waals surface area (Å²) in [4.78, 5) is 25.2. The number of carboxylic acids is 1. The summed E-state index contributed by atoms with van der Waals surface area (Å²) in [6.45, 7) is 5.52. The van der Waals surface area contributed by atoms with E-state index in [1.807, 2.05) is 26.0 Å². The molecule has 2 aromatic heterocycles. The molecule has 38 heavy (non-hydrogen) atoms. The number of benzene rings is 3. The van der Waals surface area contributed by atoms with Crippen molar-refractivity contribution < 1.29 is 14.3 Å². The number of hydrogen-bond acceptors (Lipinski definition) is 6. The molecule has 188 valence electrons. The summed E-state index contributed by atoms with van der Waals surface area (Å²) < 4.78 is 8.04. The van der Waals surface area contributed by atoms with Gasteiger partial charge in [0, 0.05) is 23.0 Å². The fourth-order valence-electron chi connectivity index (χ4n) is 4.57. The number of carbonyl (C=O) groups is 1. The van der Waals surface area contributed by atoms with Crippen LogP contribution >= 0.6 is 0 Å². The van der Waals surface area contributed by atoms with Crippen LogP contribution < -0.4 is 10.7 Å². The summed E-state index contributed by atoms with van der Waals surface area (Å²) >= 11 is 0. The first-order chi connectivity index (χ1) is 18.3. The Balaban J connectivity index is 1.62. The van der Waals surface area contributed by atoms with Gasteiger partial charge in [0.1, 0.15) is 11.3 Å². The number of aryl methyl sites for hydroxylation is 1. The van der Waals surface area contributed by atoms with Gasteiger partial charge in [0.15, 0.2) is 5.43 Å². The molecule has 0 radical (unpaired) electrons. The molecule has 0 saturated heterocycles. The zero-order chi connectivity index (χ0) is 27.0. The van der Waals surface area contributed by atoms with Gasteiger partial charge in [-0.25, -0.2) is 9.48 Å². The zero-order valence-corrected chi connectivity index (χ0v) is 21.0. The molecule has 0 fully saturated rings. The molecule has 0 aliphatic carbocycles. The van der Waals surface area contributed by atoms with E-state index in [1.165, 1.54) is 6.07 Å². The SMILES string of the molecule is Cc1cc([C@@H](C)Nc2ccccc2C(=O)O)c2oc(-c3cnn(-c4cccc(C#N)c4)c3)c(C)c(=O)c2c1. The predicted octanol–water partition coefficient (Wildman–Crippen LogP) is 6.01. The number of aromatic nitrogens is 2. The average molecular weight is 505 g/mol. The zero-order valence-electron chi connectivity index (χ0n) is 21.0. The van der Waals surface area contributed by atoms with E-state index >= 15 is 0 Å². The van der Waals surface area contributed by atoms with E-state index in [0.29, 0.717) is 44.8 Å². The predicted molar refractivity (Wildman–Crippen MR) is 145 cm³/mol. The fraction of sp³-hybridized carbons (Fsp3) is 0.133. The van der Waals surface area contributed by atoms with Crippen LogP contribution in [0.2, 0.25) is 0 Å². The van der Waals surface area contributed by atoms with Crippen LogP contribution in [0.4, 0.5) is 5.69 Å². The molecular weight excluding hydrogens is 480 g/mol. The van der Waals surface area contributed by atoms with E-state index in [-0.39, 0.29) is 17.0 Å². The molecule has 2 N–H and O–H groups in total. The molecule has 0 aliphatic rings. The second-order valence-electron chi connectivity index (χ2n) is 9.17. The number of para-hydroxylation sites is 1. The normalized spacial score (nSPS) is 11.7. The molecule has 8 nitrogen and oxygen atoms in total. The minimum absolute atomic E-state index is 0.149. The standard InChI is InChI=1S/C30H24N4O4/c1-17-11-24(19(3)33-26-10-5-4-9-23(26)30(36)37)29-25(12-17)27(35)18(2)28(38-29)21-15-32-34(16-21)22-8-6-7-20(13-22)14-31/h4-13,15-16,19,33H,1-3H3,(H,36,37)/t19-/m1/s1. The Hall–Kier alpha value is -5.16. The summed E-state index contributed by atoms with van der Waals surface area (Å²) in [6.07, 6.45) is 3.38. The van der Waals surface area contributed by atoms with Gasteiger partial charge in [0.25, 0.3) is 0 Å². The highest BCUT2D eigenvalue weighted by molar-refractivity contribution is 5.94. The first-order valence-corrected chi connectivity index (χ1v) is 12.0. The van der Waals surface area contributed by atoms with Gasteiger partial charge in [-0.3, -0.25) is 4.79 Å². The number of hydrogen-bond donors (Lipinski definition) is 2. The van der Waals surface area contributed by atoms with Crippen molar-refractivity contribution in [3.63, 3.8) is 0 Å². The number of nitrogens with one attached hydrogen (secondary N) is 1. The number of carboxylic acid groups (broad SMARTS) is 1. The lowest BCUT2D eigenvalue weighted by Gasteiger charge is -2.19. The average Bonchev–Trinajstić information content (AvgIpc) is 3.41. The van der Waals surface area contributed by atoms with Crippen LogP contribution in [0.25, 0.3) is 28.0 Å². The molecule has 0 amide bonds. The van der Waals surface area contributed by atoms with Gasteiger partial charge in [0.2, 0.25) is 0 Å². The number of anilines is 1. The van der Waals surface area contributed by atoms with Crippen LogP contribution in [-0.2, 0) is 0 Å². The summed E-state index contributed by atoms with van der Waals surface area (Å²) in [6, 6.07) is 19.2. The van der Waals surface area contributed by atoms with Crippen molar-refractivity contribution in [1.29, 1.82) is 5.26 Å². The van der Waals surface area contributed by atoms with Gasteiger partial charge in [0.05, 0.1) is 46.1 Å². The minimum atomic E-state index is -1.03. The Kier molecular flexibility index (Phi) is 6.27. The molecule has 5 rings (SSSR count). The smallest absolute Gasteiger partial charge is 0.337 e. The first-order valence-electron chi connectivity index (χ1n) is 12.0. The van der Waals surface area contributed by atoms with Crippen LogP contribution in [0, 0.1) is 25.2 Å². The highest BCUT2D eigenvalue weighted by atomic mass is 16.4. The quantitative estimate of drug-likeness (QED) is 0.291. The van der Waals surface area contributed by atoms with Crippen molar-refractivity contribution in [2.24, 2.45) is 0 Å². The third-order valence-electron chi connectivity index (χ3n) is 6.47. The maximum absolute atomic E-state index is 13.5. The maximum Gasteiger partial charge on any atom is 0.337 e. The van der Waals surface area contributed by atoms with Crippen LogP contribution in [0.5, 0.6) is 0 Å². The molecular formula is C30H24N4O4. The monoisotopic (exact) mass is 504 g/mol. The topological polar surface area (TPSA) is 121 Å². The van der Waals surface area contributed by atoms with Crippen molar-refractivity contribution in [3.05, 3.63) is 111 Å². The van der Waals surface area contributed by atoms with Gasteiger partial charge < -0.3 is 14.8 Å². The van der Waals surface area contributed by atoms with Gasteiger partial charge in [-0.2, -0.15) is 10.4 Å². The lowest BCUT2D eigenvalue weighted by molar-refractivity contribution is 0.0698. The Labute approximate surface area is 218 Å². The fourth-order valence-corrected chi connectivity index (χ4v) is 4.57. The number of nitrogens with zero attached hydrogens (tertiary/aromatic N) is 3. The van der Waals surface area contributed by atoms with Gasteiger partial charge in [-0.1, -0.05) is 24.3 Å². The van der Waals surface area contributed by atoms with Crippen LogP contribution in [0.3, 0.4) is 0 Å². The molecule has 2 heterocycles. The molecule has 0 aliphatic heterocycles. The molecule has 1 atom stereocenters. The van der Waals surface area contributed by atoms with Crippen molar-refractivity contribution in [2.75, 3.05) is 5.32 Å². The van der Waals surface area contributed by atoms with E-state index in [2.05, 4.69) is 16.5 Å². The Morgan fingerprint density at radius 2 is 1.92 bits per heavy atom. The number of fused-ring (bicyclic) bond motifs is 1. The van der Waals surface area contributed by atoms with Crippen molar-refractivity contribution in [1.82, 2.24) is 9.78 Å². The molecule has 8 heteroatoms. The summed E-state index contributed by atoms with van der Waals surface area (Å²) in [7, 11) is 0. The van der Waals surface area contributed by atoms with E-state index in [9.17, 15) is 20.0 Å². The number of aromatic carboxylic acids is 1. The van der Waals surface area contributed by atoms with Crippen LogP contribution in [-0.4, -0.2) is 20.9 Å². The number of nitriles is 1. The lowest BCUT2D eigenvalue weighted by atomic mass is 9.99. The summed E-state index contributed by atoms with van der Waals surface area (Å²) in [5.74, 6) is -0.635. The summed E-state index contributed by atoms with van der Waals surface area (Å²) in [5, 5.41) is 27.0. The molecule has 3 aromatic carbocycles. The van der Waals surface area contributed by atoms with E-state index in [4.69, 9.17) is 4.42 Å². The number of rotatable bonds is 6. The Bertz CT molecular complexity index is 1810. The van der Waals surface area contributed by atoms with Gasteiger partial charge in [-0.15, -0.1) is 0 Å². The second-order valence-corrected chi connectivity index (χ2v) is 9.17.